The van der Waals surface area contributed by atoms with Crippen molar-refractivity contribution in [3.8, 4) is 0 Å². The van der Waals surface area contributed by atoms with Gasteiger partial charge in [-0.05, 0) is 17.5 Å². The molecule has 1 atom stereocenters. The van der Waals surface area contributed by atoms with Crippen LogP contribution in [0.15, 0.2) is 30.3 Å². The number of aromatic amines is 1. The summed E-state index contributed by atoms with van der Waals surface area (Å²) >= 11 is 0. The summed E-state index contributed by atoms with van der Waals surface area (Å²) in [5.74, 6) is -1.39. The molecule has 0 fully saturated rings. The maximum atomic E-state index is 11.0. The lowest BCUT2D eigenvalue weighted by Crippen LogP contribution is -2.41. The fraction of sp³-hybridized carbons (Fsp3) is 0.231. The molecule has 0 spiro atoms. The molecule has 1 heterocycles. The van der Waals surface area contributed by atoms with Crippen molar-refractivity contribution in [3.63, 3.8) is 0 Å². The molecule has 1 aromatic carbocycles. The van der Waals surface area contributed by atoms with Crippen molar-refractivity contribution in [1.82, 2.24) is 10.3 Å². The second kappa shape index (κ2) is 4.91. The zero-order chi connectivity index (χ0) is 13.1. The molecule has 0 saturated heterocycles. The minimum absolute atomic E-state index is 0.240. The third kappa shape index (κ3) is 2.68. The lowest BCUT2D eigenvalue weighted by atomic mass is 10.1. The van der Waals surface area contributed by atoms with Gasteiger partial charge < -0.3 is 15.4 Å². The lowest BCUT2D eigenvalue weighted by Gasteiger charge is -2.11. The number of carbonyl (C=O) groups excluding carboxylic acids is 1. The first-order valence-electron chi connectivity index (χ1n) is 5.63. The highest BCUT2D eigenvalue weighted by molar-refractivity contribution is 5.83. The largest absolute Gasteiger partial charge is 0.480 e. The first-order chi connectivity index (χ1) is 8.56. The minimum Gasteiger partial charge on any atom is -0.480 e. The SMILES string of the molecule is CC(=O)NC(Cc1cc2ccccc2[nH]1)C(=O)O. The van der Waals surface area contributed by atoms with E-state index >= 15 is 0 Å². The van der Waals surface area contributed by atoms with Crippen LogP contribution in [0.25, 0.3) is 10.9 Å². The van der Waals surface area contributed by atoms with E-state index in [1.807, 2.05) is 30.3 Å². The van der Waals surface area contributed by atoms with Crippen LogP contribution in [-0.4, -0.2) is 28.0 Å². The van der Waals surface area contributed by atoms with Crippen molar-refractivity contribution < 1.29 is 14.7 Å². The van der Waals surface area contributed by atoms with Gasteiger partial charge >= 0.3 is 5.97 Å². The molecule has 1 aromatic heterocycles. The van der Waals surface area contributed by atoms with Gasteiger partial charge in [-0.15, -0.1) is 0 Å². The van der Waals surface area contributed by atoms with E-state index in [0.717, 1.165) is 16.6 Å². The van der Waals surface area contributed by atoms with Crippen LogP contribution >= 0.6 is 0 Å². The van der Waals surface area contributed by atoms with Crippen LogP contribution in [0.3, 0.4) is 0 Å². The van der Waals surface area contributed by atoms with Gasteiger partial charge in [0.1, 0.15) is 6.04 Å². The second-order valence-electron chi connectivity index (χ2n) is 4.18. The molecule has 0 saturated carbocycles. The van der Waals surface area contributed by atoms with Crippen molar-refractivity contribution in [2.24, 2.45) is 0 Å². The van der Waals surface area contributed by atoms with Gasteiger partial charge in [-0.1, -0.05) is 18.2 Å². The quantitative estimate of drug-likeness (QED) is 0.760. The number of carboxylic acid groups (broad SMARTS) is 1. The third-order valence-electron chi connectivity index (χ3n) is 2.69. The third-order valence-corrected chi connectivity index (χ3v) is 2.69. The minimum atomic E-state index is -1.04. The molecule has 2 rings (SSSR count). The van der Waals surface area contributed by atoms with Crippen LogP contribution in [0, 0.1) is 0 Å². The molecule has 0 aliphatic rings. The summed E-state index contributed by atoms with van der Waals surface area (Å²) in [6, 6.07) is 8.69. The highest BCUT2D eigenvalue weighted by Crippen LogP contribution is 2.15. The Kier molecular flexibility index (Phi) is 3.32. The molecular weight excluding hydrogens is 232 g/mol. The number of fused-ring (bicyclic) bond motifs is 1. The number of benzene rings is 1. The fourth-order valence-corrected chi connectivity index (χ4v) is 1.91. The van der Waals surface area contributed by atoms with Crippen LogP contribution in [0.2, 0.25) is 0 Å². The van der Waals surface area contributed by atoms with E-state index in [9.17, 15) is 9.59 Å². The van der Waals surface area contributed by atoms with E-state index in [1.54, 1.807) is 0 Å². The Morgan fingerprint density at radius 3 is 2.72 bits per heavy atom. The van der Waals surface area contributed by atoms with Crippen molar-refractivity contribution in [2.45, 2.75) is 19.4 Å². The maximum Gasteiger partial charge on any atom is 0.326 e. The molecule has 5 heteroatoms. The Bertz CT molecular complexity index is 556. The Balaban J connectivity index is 2.20. The number of para-hydroxylation sites is 1. The summed E-state index contributed by atoms with van der Waals surface area (Å²) in [6.07, 6.45) is 0.240. The fourth-order valence-electron chi connectivity index (χ4n) is 1.91. The molecule has 1 unspecified atom stereocenters. The standard InChI is InChI=1S/C13H14N2O3/c1-8(16)14-12(13(17)18)7-10-6-9-4-2-3-5-11(9)15-10/h2-6,12,15H,7H2,1H3,(H,14,16)(H,17,18). The molecule has 0 aliphatic carbocycles. The number of aromatic nitrogens is 1. The molecule has 0 bridgehead atoms. The maximum absolute atomic E-state index is 11.0. The van der Waals surface area contributed by atoms with Crippen molar-refractivity contribution in [1.29, 1.82) is 0 Å². The van der Waals surface area contributed by atoms with Gasteiger partial charge in [0.05, 0.1) is 0 Å². The Morgan fingerprint density at radius 1 is 1.39 bits per heavy atom. The van der Waals surface area contributed by atoms with E-state index in [-0.39, 0.29) is 12.3 Å². The average Bonchev–Trinajstić information content (AvgIpc) is 2.69. The number of amides is 1. The molecule has 2 aromatic rings. The van der Waals surface area contributed by atoms with Gasteiger partial charge in [0, 0.05) is 24.6 Å². The molecule has 0 radical (unpaired) electrons. The number of H-pyrrole nitrogens is 1. The van der Waals surface area contributed by atoms with Crippen LogP contribution in [0.4, 0.5) is 0 Å². The Morgan fingerprint density at radius 2 is 2.11 bits per heavy atom. The average molecular weight is 246 g/mol. The first kappa shape index (κ1) is 12.2. The molecule has 94 valence electrons. The number of hydrogen-bond acceptors (Lipinski definition) is 2. The Labute approximate surface area is 104 Å². The molecular formula is C13H14N2O3. The summed E-state index contributed by atoms with van der Waals surface area (Å²) in [4.78, 5) is 25.1. The molecule has 18 heavy (non-hydrogen) atoms. The molecule has 1 amide bonds. The smallest absolute Gasteiger partial charge is 0.326 e. The highest BCUT2D eigenvalue weighted by Gasteiger charge is 2.19. The topological polar surface area (TPSA) is 82.2 Å². The van der Waals surface area contributed by atoms with Crippen molar-refractivity contribution >= 4 is 22.8 Å². The van der Waals surface area contributed by atoms with Crippen LogP contribution in [0.1, 0.15) is 12.6 Å². The van der Waals surface area contributed by atoms with E-state index in [2.05, 4.69) is 10.3 Å². The summed E-state index contributed by atoms with van der Waals surface area (Å²) in [6.45, 7) is 1.31. The van der Waals surface area contributed by atoms with Crippen LogP contribution in [0.5, 0.6) is 0 Å². The van der Waals surface area contributed by atoms with E-state index < -0.39 is 12.0 Å². The summed E-state index contributed by atoms with van der Waals surface area (Å²) in [7, 11) is 0. The van der Waals surface area contributed by atoms with Gasteiger partial charge in [-0.2, -0.15) is 0 Å². The number of carbonyl (C=O) groups is 2. The first-order valence-corrected chi connectivity index (χ1v) is 5.63. The number of hydrogen-bond donors (Lipinski definition) is 3. The second-order valence-corrected chi connectivity index (χ2v) is 4.18. The van der Waals surface area contributed by atoms with Gasteiger partial charge in [-0.25, -0.2) is 4.79 Å². The Hall–Kier alpha value is -2.30. The van der Waals surface area contributed by atoms with E-state index in [1.165, 1.54) is 6.92 Å². The monoisotopic (exact) mass is 246 g/mol. The predicted molar refractivity (Wildman–Crippen MR) is 67.2 cm³/mol. The van der Waals surface area contributed by atoms with Gasteiger partial charge in [-0.3, -0.25) is 4.79 Å². The van der Waals surface area contributed by atoms with Crippen molar-refractivity contribution in [3.05, 3.63) is 36.0 Å². The van der Waals surface area contributed by atoms with E-state index in [0.29, 0.717) is 0 Å². The predicted octanol–water partition coefficient (Wildman–Crippen LogP) is 1.30. The zero-order valence-electron chi connectivity index (χ0n) is 9.93. The molecule has 5 nitrogen and oxygen atoms in total. The number of rotatable bonds is 4. The summed E-state index contributed by atoms with van der Waals surface area (Å²) in [5.41, 5.74) is 1.75. The van der Waals surface area contributed by atoms with Crippen LogP contribution in [-0.2, 0) is 16.0 Å². The number of nitrogens with one attached hydrogen (secondary N) is 2. The van der Waals surface area contributed by atoms with Crippen LogP contribution < -0.4 is 5.32 Å². The van der Waals surface area contributed by atoms with Gasteiger partial charge in [0.2, 0.25) is 5.91 Å². The lowest BCUT2D eigenvalue weighted by molar-refractivity contribution is -0.141. The summed E-state index contributed by atoms with van der Waals surface area (Å²) in [5, 5.41) is 12.5. The van der Waals surface area contributed by atoms with Gasteiger partial charge in [0.15, 0.2) is 0 Å². The normalized spacial score (nSPS) is 12.3. The molecule has 3 N–H and O–H groups in total. The number of carboxylic acids is 1. The van der Waals surface area contributed by atoms with E-state index in [4.69, 9.17) is 5.11 Å². The molecule has 0 aliphatic heterocycles. The number of aliphatic carboxylic acids is 1. The zero-order valence-corrected chi connectivity index (χ0v) is 9.93. The highest BCUT2D eigenvalue weighted by atomic mass is 16.4. The summed E-state index contributed by atoms with van der Waals surface area (Å²) < 4.78 is 0. The van der Waals surface area contributed by atoms with Gasteiger partial charge in [0.25, 0.3) is 0 Å². The van der Waals surface area contributed by atoms with Crippen molar-refractivity contribution in [2.75, 3.05) is 0 Å².